The Bertz CT molecular complexity index is 2950. The van der Waals surface area contributed by atoms with Crippen molar-refractivity contribution in [3.8, 4) is 22.3 Å². The largest absolute Gasteiger partial charge is 0.311 e. The zero-order valence-corrected chi connectivity index (χ0v) is 35.5. The van der Waals surface area contributed by atoms with Gasteiger partial charge in [-0.15, -0.1) is 0 Å². The lowest BCUT2D eigenvalue weighted by Crippen LogP contribution is -2.61. The van der Waals surface area contributed by atoms with E-state index >= 15 is 0 Å². The minimum atomic E-state index is 0.0149. The molecule has 0 saturated carbocycles. The molecule has 2 heterocycles. The number of para-hydroxylation sites is 6. The first-order chi connectivity index (χ1) is 30.5. The molecule has 0 N–H and O–H groups in total. The quantitative estimate of drug-likeness (QED) is 0.149. The van der Waals surface area contributed by atoms with Gasteiger partial charge >= 0.3 is 0 Å². The molecule has 0 atom stereocenters. The summed E-state index contributed by atoms with van der Waals surface area (Å²) < 4.78 is 0. The first-order valence-corrected chi connectivity index (χ1v) is 21.7. The first kappa shape index (κ1) is 37.4. The molecule has 0 radical (unpaired) electrons. The average molecular weight is 796 g/mol. The number of hydrogen-bond donors (Lipinski definition) is 0. The van der Waals surface area contributed by atoms with Crippen molar-refractivity contribution in [1.82, 2.24) is 0 Å². The molecule has 3 nitrogen and oxygen atoms in total. The highest BCUT2D eigenvalue weighted by Crippen LogP contribution is 2.51. The van der Waals surface area contributed by atoms with Crippen molar-refractivity contribution < 1.29 is 0 Å². The summed E-state index contributed by atoms with van der Waals surface area (Å²) in [7, 11) is 0. The Morgan fingerprint density at radius 1 is 0.355 bits per heavy atom. The number of hydrogen-bond acceptors (Lipinski definition) is 3. The SMILES string of the molecule is Cc1ccccc1N1c2cc(N(c3ccccc3-c3ccccc3)c3ccccc3-c3ccccc3)cc3c2B(c2cccc(C)c21)c1cccc(C)c1N3c1ccccc1C. The molecule has 62 heavy (non-hydrogen) atoms. The summed E-state index contributed by atoms with van der Waals surface area (Å²) in [6.45, 7) is 9.05. The Hall–Kier alpha value is -7.56. The second kappa shape index (κ2) is 15.2. The van der Waals surface area contributed by atoms with E-state index < -0.39 is 0 Å². The first-order valence-electron chi connectivity index (χ1n) is 21.7. The molecule has 296 valence electrons. The number of anilines is 9. The normalized spacial score (nSPS) is 12.4. The lowest BCUT2D eigenvalue weighted by molar-refractivity contribution is 1.19. The van der Waals surface area contributed by atoms with Crippen LogP contribution in [-0.4, -0.2) is 6.71 Å². The number of fused-ring (bicyclic) bond motifs is 4. The highest BCUT2D eigenvalue weighted by Gasteiger charge is 2.45. The van der Waals surface area contributed by atoms with Crippen molar-refractivity contribution >= 4 is 74.3 Å². The topological polar surface area (TPSA) is 9.72 Å². The van der Waals surface area contributed by atoms with Crippen LogP contribution in [0.3, 0.4) is 0 Å². The maximum Gasteiger partial charge on any atom is 0.252 e. The van der Waals surface area contributed by atoms with Crippen molar-refractivity contribution in [1.29, 1.82) is 0 Å². The van der Waals surface area contributed by atoms with Crippen LogP contribution in [0.2, 0.25) is 0 Å². The molecular formula is C58H46BN3. The number of rotatable bonds is 7. The zero-order valence-electron chi connectivity index (χ0n) is 35.5. The van der Waals surface area contributed by atoms with Crippen LogP contribution in [0.15, 0.2) is 206 Å². The second-order valence-electron chi connectivity index (χ2n) is 16.7. The molecule has 0 bridgehead atoms. The molecular weight excluding hydrogens is 749 g/mol. The standard InChI is InChI=1S/C58H46BN3/c1-39-21-11-15-33-50(39)61-54-37-45(60(52-35-17-13-29-46(52)43-25-7-5-8-26-43)53-36-18-14-30-47(53)44-27-9-6-10-28-44)38-55-56(54)59(48-31-19-23-41(3)57(48)61)49-32-20-24-42(4)58(49)62(55)51-34-16-12-22-40(51)2/h5-38H,1-4H3. The molecule has 11 rings (SSSR count). The highest BCUT2D eigenvalue weighted by atomic mass is 15.2. The van der Waals surface area contributed by atoms with Gasteiger partial charge in [0.25, 0.3) is 6.71 Å². The third-order valence-corrected chi connectivity index (χ3v) is 12.9. The molecule has 2 aliphatic heterocycles. The summed E-state index contributed by atoms with van der Waals surface area (Å²) >= 11 is 0. The number of benzene rings is 9. The van der Waals surface area contributed by atoms with Gasteiger partial charge in [0.1, 0.15) is 0 Å². The van der Waals surface area contributed by atoms with Gasteiger partial charge in [-0.25, -0.2) is 0 Å². The third kappa shape index (κ3) is 5.97. The molecule has 9 aromatic rings. The fourth-order valence-corrected chi connectivity index (χ4v) is 10.2. The molecule has 9 aromatic carbocycles. The van der Waals surface area contributed by atoms with Crippen molar-refractivity contribution in [2.24, 2.45) is 0 Å². The Labute approximate surface area is 365 Å². The van der Waals surface area contributed by atoms with E-state index in [4.69, 9.17) is 0 Å². The minimum absolute atomic E-state index is 0.0149. The van der Waals surface area contributed by atoms with Gasteiger partial charge in [0.2, 0.25) is 0 Å². The van der Waals surface area contributed by atoms with Crippen LogP contribution in [-0.2, 0) is 0 Å². The smallest absolute Gasteiger partial charge is 0.252 e. The van der Waals surface area contributed by atoms with Gasteiger partial charge in [0.15, 0.2) is 0 Å². The highest BCUT2D eigenvalue weighted by molar-refractivity contribution is 7.00. The van der Waals surface area contributed by atoms with Gasteiger partial charge in [-0.2, -0.15) is 0 Å². The fourth-order valence-electron chi connectivity index (χ4n) is 10.2. The van der Waals surface area contributed by atoms with Crippen molar-refractivity contribution in [3.05, 3.63) is 229 Å². The van der Waals surface area contributed by atoms with Crippen LogP contribution < -0.4 is 31.1 Å². The second-order valence-corrected chi connectivity index (χ2v) is 16.7. The summed E-state index contributed by atoms with van der Waals surface area (Å²) in [6.07, 6.45) is 0. The lowest BCUT2D eigenvalue weighted by atomic mass is 9.33. The molecule has 0 spiro atoms. The maximum absolute atomic E-state index is 2.57. The molecule has 0 aliphatic carbocycles. The van der Waals surface area contributed by atoms with Gasteiger partial charge in [-0.1, -0.05) is 170 Å². The molecule has 0 amide bonds. The minimum Gasteiger partial charge on any atom is -0.311 e. The van der Waals surface area contributed by atoms with Gasteiger partial charge < -0.3 is 14.7 Å². The Morgan fingerprint density at radius 3 is 1.19 bits per heavy atom. The average Bonchev–Trinajstić information content (AvgIpc) is 3.31. The van der Waals surface area contributed by atoms with Crippen molar-refractivity contribution in [2.75, 3.05) is 14.7 Å². The fraction of sp³-hybridized carbons (Fsp3) is 0.0690. The van der Waals surface area contributed by atoms with E-state index in [1.165, 1.54) is 83.9 Å². The maximum atomic E-state index is 2.57. The summed E-state index contributed by atoms with van der Waals surface area (Å²) in [5, 5.41) is 0. The van der Waals surface area contributed by atoms with Gasteiger partial charge in [-0.05, 0) is 114 Å². The Kier molecular flexibility index (Phi) is 9.16. The summed E-state index contributed by atoms with van der Waals surface area (Å²) in [5.41, 5.74) is 24.1. The lowest BCUT2D eigenvalue weighted by Gasteiger charge is -2.46. The van der Waals surface area contributed by atoms with Crippen molar-refractivity contribution in [2.45, 2.75) is 27.7 Å². The van der Waals surface area contributed by atoms with E-state index in [1.54, 1.807) is 0 Å². The van der Waals surface area contributed by atoms with Crippen LogP contribution in [0.25, 0.3) is 22.3 Å². The van der Waals surface area contributed by atoms with E-state index in [9.17, 15) is 0 Å². The van der Waals surface area contributed by atoms with Crippen LogP contribution in [0.1, 0.15) is 22.3 Å². The van der Waals surface area contributed by atoms with Crippen molar-refractivity contribution in [3.63, 3.8) is 0 Å². The van der Waals surface area contributed by atoms with Gasteiger partial charge in [0, 0.05) is 45.3 Å². The molecule has 4 heteroatoms. The number of nitrogens with zero attached hydrogens (tertiary/aromatic N) is 3. The molecule has 0 unspecified atom stereocenters. The third-order valence-electron chi connectivity index (χ3n) is 12.9. The van der Waals surface area contributed by atoms with Crippen LogP contribution in [0.4, 0.5) is 51.2 Å². The van der Waals surface area contributed by atoms with E-state index in [-0.39, 0.29) is 6.71 Å². The van der Waals surface area contributed by atoms with Gasteiger partial charge in [-0.3, -0.25) is 0 Å². The molecule has 0 fully saturated rings. The predicted molar refractivity (Wildman–Crippen MR) is 265 cm³/mol. The van der Waals surface area contributed by atoms with Crippen LogP contribution >= 0.6 is 0 Å². The molecule has 0 saturated heterocycles. The number of aryl methyl sites for hydroxylation is 4. The van der Waals surface area contributed by atoms with Crippen LogP contribution in [0, 0.1) is 27.7 Å². The molecule has 2 aliphatic rings. The summed E-state index contributed by atoms with van der Waals surface area (Å²) in [5.74, 6) is 0. The van der Waals surface area contributed by atoms with E-state index in [2.05, 4.69) is 249 Å². The monoisotopic (exact) mass is 795 g/mol. The summed E-state index contributed by atoms with van der Waals surface area (Å²) in [6, 6.07) is 75.9. The van der Waals surface area contributed by atoms with E-state index in [0.29, 0.717) is 0 Å². The van der Waals surface area contributed by atoms with E-state index in [0.717, 1.165) is 28.2 Å². The Morgan fingerprint density at radius 2 is 0.742 bits per heavy atom. The van der Waals surface area contributed by atoms with E-state index in [1.807, 2.05) is 0 Å². The van der Waals surface area contributed by atoms with Crippen LogP contribution in [0.5, 0.6) is 0 Å². The zero-order chi connectivity index (χ0) is 41.9. The summed E-state index contributed by atoms with van der Waals surface area (Å²) in [4.78, 5) is 7.66. The van der Waals surface area contributed by atoms with Gasteiger partial charge in [0.05, 0.1) is 17.1 Å². The molecule has 0 aromatic heterocycles. The Balaban J connectivity index is 1.31. The predicted octanol–water partition coefficient (Wildman–Crippen LogP) is 13.8.